The first-order valence-corrected chi connectivity index (χ1v) is 14.0. The van der Waals surface area contributed by atoms with Gasteiger partial charge < -0.3 is 30.0 Å². The van der Waals surface area contributed by atoms with Gasteiger partial charge in [0.1, 0.15) is 11.2 Å². The van der Waals surface area contributed by atoms with Crippen LogP contribution in [0.1, 0.15) is 41.5 Å². The van der Waals surface area contributed by atoms with Crippen molar-refractivity contribution in [3.8, 4) is 11.1 Å². The number of hydrogen-bond acceptors (Lipinski definition) is 6. The number of rotatable bonds is 13. The molecular formula is C32H39ClN2O5. The molecule has 1 aliphatic heterocycles. The Morgan fingerprint density at radius 1 is 1.07 bits per heavy atom. The third-order valence-electron chi connectivity index (χ3n) is 7.75. The van der Waals surface area contributed by atoms with Crippen molar-refractivity contribution in [3.05, 3.63) is 94.0 Å². The number of ether oxygens (including phenoxy) is 3. The highest BCUT2D eigenvalue weighted by molar-refractivity contribution is 6.33. The fourth-order valence-corrected chi connectivity index (χ4v) is 6.02. The summed E-state index contributed by atoms with van der Waals surface area (Å²) in [6, 6.07) is 21.3. The maximum absolute atomic E-state index is 13.2. The highest BCUT2D eigenvalue weighted by atomic mass is 35.5. The fraction of sp³-hybridized carbons (Fsp3) is 0.406. The number of carbonyl (C=O) groups excluding carboxylic acids is 1. The molecule has 0 aromatic heterocycles. The second-order valence-corrected chi connectivity index (χ2v) is 10.7. The Balaban J connectivity index is 1.97. The molecule has 0 bridgehead atoms. The number of benzene rings is 3. The smallest absolute Gasteiger partial charge is 0.209 e. The van der Waals surface area contributed by atoms with Crippen LogP contribution in [0.25, 0.3) is 11.1 Å². The number of hydrogen-bond donors (Lipinski definition) is 2. The average molecular weight is 567 g/mol. The molecular weight excluding hydrogens is 528 g/mol. The van der Waals surface area contributed by atoms with Crippen molar-refractivity contribution in [2.75, 3.05) is 40.5 Å². The molecule has 0 radical (unpaired) electrons. The first kappa shape index (κ1) is 30.2. The van der Waals surface area contributed by atoms with E-state index in [0.29, 0.717) is 49.7 Å². The largest absolute Gasteiger partial charge is 0.385 e. The van der Waals surface area contributed by atoms with Gasteiger partial charge in [0, 0.05) is 44.5 Å². The molecule has 214 valence electrons. The van der Waals surface area contributed by atoms with Crippen LogP contribution in [0, 0.1) is 0 Å². The van der Waals surface area contributed by atoms with Gasteiger partial charge in [-0.25, -0.2) is 0 Å². The van der Waals surface area contributed by atoms with Gasteiger partial charge in [0.25, 0.3) is 0 Å². The molecule has 1 fully saturated rings. The van der Waals surface area contributed by atoms with E-state index >= 15 is 0 Å². The van der Waals surface area contributed by atoms with Crippen molar-refractivity contribution in [1.82, 2.24) is 4.90 Å². The molecule has 3 N–H and O–H groups in total. The van der Waals surface area contributed by atoms with E-state index in [9.17, 15) is 9.90 Å². The van der Waals surface area contributed by atoms with Crippen molar-refractivity contribution in [1.29, 1.82) is 0 Å². The van der Waals surface area contributed by atoms with Gasteiger partial charge in [0.15, 0.2) is 0 Å². The van der Waals surface area contributed by atoms with E-state index < -0.39 is 11.2 Å². The van der Waals surface area contributed by atoms with E-state index in [0.717, 1.165) is 40.6 Å². The van der Waals surface area contributed by atoms with Crippen LogP contribution in [-0.4, -0.2) is 56.9 Å². The lowest BCUT2D eigenvalue weighted by Crippen LogP contribution is -2.61. The van der Waals surface area contributed by atoms with Crippen molar-refractivity contribution < 1.29 is 24.1 Å². The summed E-state index contributed by atoms with van der Waals surface area (Å²) in [7, 11) is 3.33. The van der Waals surface area contributed by atoms with E-state index in [1.165, 1.54) is 0 Å². The second-order valence-electron chi connectivity index (χ2n) is 10.3. The van der Waals surface area contributed by atoms with Crippen molar-refractivity contribution in [3.63, 3.8) is 0 Å². The SMILES string of the molecule is COCCCC[C@@](O)(c1cccc(Cl)c1-c1cccc(COC)c1)[C@@]1(c2ccc(CN)cc2)CN(C=O)CCO1. The molecule has 3 aromatic rings. The molecule has 4 rings (SSSR count). The Morgan fingerprint density at radius 2 is 1.85 bits per heavy atom. The third kappa shape index (κ3) is 6.10. The first-order chi connectivity index (χ1) is 19.4. The number of unbranched alkanes of at least 4 members (excludes halogenated alkanes) is 1. The molecule has 1 saturated heterocycles. The molecule has 0 spiro atoms. The second kappa shape index (κ2) is 13.7. The van der Waals surface area contributed by atoms with E-state index in [-0.39, 0.29) is 13.2 Å². The van der Waals surface area contributed by atoms with Crippen LogP contribution in [0.15, 0.2) is 66.7 Å². The summed E-state index contributed by atoms with van der Waals surface area (Å²) in [5, 5.41) is 13.7. The van der Waals surface area contributed by atoms with Gasteiger partial charge in [0.2, 0.25) is 6.41 Å². The monoisotopic (exact) mass is 566 g/mol. The molecule has 0 unspecified atom stereocenters. The number of carbonyl (C=O) groups is 1. The van der Waals surface area contributed by atoms with Crippen LogP contribution in [-0.2, 0) is 43.4 Å². The van der Waals surface area contributed by atoms with Crippen LogP contribution in [0.2, 0.25) is 5.02 Å². The van der Waals surface area contributed by atoms with Crippen molar-refractivity contribution >= 4 is 18.0 Å². The Kier molecular flexibility index (Phi) is 10.4. The number of morpholine rings is 1. The summed E-state index contributed by atoms with van der Waals surface area (Å²) >= 11 is 6.93. The molecule has 1 heterocycles. The number of aliphatic hydroxyl groups is 1. The molecule has 1 aliphatic rings. The molecule has 2 atom stereocenters. The summed E-state index contributed by atoms with van der Waals surface area (Å²) in [6.07, 6.45) is 2.58. The van der Waals surface area contributed by atoms with Crippen LogP contribution < -0.4 is 5.73 Å². The lowest BCUT2D eigenvalue weighted by Gasteiger charge is -2.52. The van der Waals surface area contributed by atoms with Gasteiger partial charge in [-0.05, 0) is 59.2 Å². The standard InChI is InChI=1S/C32H39ClN2O5/c1-38-17-4-3-15-31(37,28-9-6-10-29(33)30(28)26-8-5-7-25(19-26)21-39-2)32(22-35(23-36)16-18-40-32)27-13-11-24(20-34)12-14-27/h5-14,19,23,37H,3-4,15-18,20-22,34H2,1-2H3/t31-,32+/m1/s1. The summed E-state index contributed by atoms with van der Waals surface area (Å²) in [5.74, 6) is 0. The highest BCUT2D eigenvalue weighted by Crippen LogP contribution is 2.52. The van der Waals surface area contributed by atoms with E-state index in [1.54, 1.807) is 19.1 Å². The predicted molar refractivity (Wildman–Crippen MR) is 157 cm³/mol. The zero-order valence-corrected chi connectivity index (χ0v) is 24.0. The average Bonchev–Trinajstić information content (AvgIpc) is 2.99. The van der Waals surface area contributed by atoms with Gasteiger partial charge in [-0.1, -0.05) is 66.2 Å². The van der Waals surface area contributed by atoms with Gasteiger partial charge in [-0.3, -0.25) is 4.79 Å². The summed E-state index contributed by atoms with van der Waals surface area (Å²) in [6.45, 7) is 2.30. The number of halogens is 1. The van der Waals surface area contributed by atoms with E-state index in [1.807, 2.05) is 66.7 Å². The molecule has 8 heteroatoms. The Labute approximate surface area is 241 Å². The minimum absolute atomic E-state index is 0.176. The Morgan fingerprint density at radius 3 is 2.55 bits per heavy atom. The predicted octanol–water partition coefficient (Wildman–Crippen LogP) is 5.00. The zero-order chi connectivity index (χ0) is 28.6. The highest BCUT2D eigenvalue weighted by Gasteiger charge is 2.56. The minimum atomic E-state index is -1.57. The molecule has 40 heavy (non-hydrogen) atoms. The van der Waals surface area contributed by atoms with Crippen molar-refractivity contribution in [2.45, 2.75) is 43.6 Å². The lowest BCUT2D eigenvalue weighted by atomic mass is 9.68. The number of nitrogens with two attached hydrogens (primary N) is 1. The van der Waals surface area contributed by atoms with Crippen LogP contribution in [0.3, 0.4) is 0 Å². The van der Waals surface area contributed by atoms with Crippen LogP contribution in [0.4, 0.5) is 0 Å². The number of amides is 1. The van der Waals surface area contributed by atoms with Gasteiger partial charge in [0.05, 0.1) is 19.8 Å². The van der Waals surface area contributed by atoms with E-state index in [2.05, 4.69) is 0 Å². The van der Waals surface area contributed by atoms with Crippen molar-refractivity contribution in [2.24, 2.45) is 5.73 Å². The van der Waals surface area contributed by atoms with E-state index in [4.69, 9.17) is 31.5 Å². The molecule has 3 aromatic carbocycles. The molecule has 0 saturated carbocycles. The maximum Gasteiger partial charge on any atom is 0.209 e. The first-order valence-electron chi connectivity index (χ1n) is 13.6. The quantitative estimate of drug-likeness (QED) is 0.223. The zero-order valence-electron chi connectivity index (χ0n) is 23.3. The third-order valence-corrected chi connectivity index (χ3v) is 8.06. The Hall–Kier alpha value is -2.78. The van der Waals surface area contributed by atoms with Crippen LogP contribution in [0.5, 0.6) is 0 Å². The Bertz CT molecular complexity index is 1270. The topological polar surface area (TPSA) is 94.2 Å². The van der Waals surface area contributed by atoms with Gasteiger partial charge in [-0.15, -0.1) is 0 Å². The maximum atomic E-state index is 13.2. The summed E-state index contributed by atoms with van der Waals surface area (Å²) < 4.78 is 17.3. The number of methoxy groups -OCH3 is 2. The lowest BCUT2D eigenvalue weighted by molar-refractivity contribution is -0.230. The number of nitrogens with zero attached hydrogens (tertiary/aromatic N) is 1. The minimum Gasteiger partial charge on any atom is -0.385 e. The summed E-state index contributed by atoms with van der Waals surface area (Å²) in [5.41, 5.74) is 8.00. The molecule has 0 aliphatic carbocycles. The normalized spacial score (nSPS) is 18.9. The fourth-order valence-electron chi connectivity index (χ4n) is 5.74. The van der Waals surface area contributed by atoms with Crippen LogP contribution >= 0.6 is 11.6 Å². The van der Waals surface area contributed by atoms with Gasteiger partial charge >= 0.3 is 0 Å². The van der Waals surface area contributed by atoms with Gasteiger partial charge in [-0.2, -0.15) is 0 Å². The summed E-state index contributed by atoms with van der Waals surface area (Å²) in [4.78, 5) is 13.8. The molecule has 7 nitrogen and oxygen atoms in total. The molecule has 1 amide bonds.